The molecule has 0 atom stereocenters. The van der Waals surface area contributed by atoms with Crippen LogP contribution >= 0.6 is 11.6 Å². The van der Waals surface area contributed by atoms with E-state index in [1.54, 1.807) is 24.3 Å². The maximum Gasteiger partial charge on any atom is 0.451 e. The summed E-state index contributed by atoms with van der Waals surface area (Å²) in [7, 11) is -3.85. The van der Waals surface area contributed by atoms with Gasteiger partial charge >= 0.3 is 7.12 Å². The fraction of sp³-hybridized carbons (Fsp3) is 0.250. The van der Waals surface area contributed by atoms with Crippen LogP contribution in [-0.2, 0) is 16.4 Å². The number of carbonyl (C=O) groups is 1. The largest absolute Gasteiger partial charge is 0.455 e. The number of furan rings is 1. The summed E-state index contributed by atoms with van der Waals surface area (Å²) in [5.74, 6) is -0.479. The maximum atomic E-state index is 13.6. The molecule has 1 fully saturated rings. The van der Waals surface area contributed by atoms with Gasteiger partial charge < -0.3 is 19.8 Å². The number of sulfonamides is 1. The fourth-order valence-corrected chi connectivity index (χ4v) is 6.14. The van der Waals surface area contributed by atoms with Crippen LogP contribution in [-0.4, -0.2) is 44.8 Å². The molecule has 1 amide bonds. The molecule has 1 saturated carbocycles. The van der Waals surface area contributed by atoms with E-state index in [0.717, 1.165) is 24.7 Å². The molecule has 0 spiro atoms. The highest BCUT2D eigenvalue weighted by Crippen LogP contribution is 2.49. The zero-order valence-corrected chi connectivity index (χ0v) is 23.4. The number of hydrogen-bond acceptors (Lipinski definition) is 6. The third-order valence-electron chi connectivity index (χ3n) is 6.91. The molecule has 0 unspecified atom stereocenters. The van der Waals surface area contributed by atoms with Crippen molar-refractivity contribution in [1.82, 2.24) is 5.32 Å². The molecule has 3 N–H and O–H groups in total. The molecule has 40 heavy (non-hydrogen) atoms. The lowest BCUT2D eigenvalue weighted by molar-refractivity contribution is 0.0964. The number of nitrogens with one attached hydrogen (secondary N) is 1. The number of aryl methyl sites for hydroxylation is 1. The Morgan fingerprint density at radius 3 is 2.42 bits per heavy atom. The Balaban J connectivity index is 1.71. The smallest absolute Gasteiger partial charge is 0.451 e. The van der Waals surface area contributed by atoms with Crippen molar-refractivity contribution in [3.8, 4) is 11.3 Å². The Kier molecular flexibility index (Phi) is 7.67. The molecule has 1 aliphatic carbocycles. The van der Waals surface area contributed by atoms with E-state index in [1.807, 2.05) is 0 Å². The van der Waals surface area contributed by atoms with Gasteiger partial charge in [0.05, 0.1) is 23.2 Å². The van der Waals surface area contributed by atoms with E-state index in [1.165, 1.54) is 41.7 Å². The van der Waals surface area contributed by atoms with E-state index in [2.05, 4.69) is 5.32 Å². The number of rotatable bonds is 9. The Morgan fingerprint density at radius 2 is 1.85 bits per heavy atom. The molecule has 1 aliphatic rings. The van der Waals surface area contributed by atoms with Crippen molar-refractivity contribution in [3.05, 3.63) is 82.1 Å². The summed E-state index contributed by atoms with van der Waals surface area (Å²) < 4.78 is 47.5. The summed E-state index contributed by atoms with van der Waals surface area (Å²) in [5.41, 5.74) is 3.16. The molecule has 208 valence electrons. The topological polar surface area (TPSA) is 120 Å². The van der Waals surface area contributed by atoms with Crippen LogP contribution in [0.4, 0.5) is 15.8 Å². The Labute approximate surface area is 236 Å². The predicted molar refractivity (Wildman–Crippen MR) is 154 cm³/mol. The second-order valence-corrected chi connectivity index (χ2v) is 12.1. The van der Waals surface area contributed by atoms with Gasteiger partial charge in [0.25, 0.3) is 5.91 Å². The number of amides is 1. The van der Waals surface area contributed by atoms with E-state index >= 15 is 0 Å². The Morgan fingerprint density at radius 1 is 1.15 bits per heavy atom. The van der Waals surface area contributed by atoms with Crippen LogP contribution in [0.15, 0.2) is 59.0 Å². The summed E-state index contributed by atoms with van der Waals surface area (Å²) in [6.07, 6.45) is 3.20. The number of halogens is 2. The molecule has 3 aromatic carbocycles. The van der Waals surface area contributed by atoms with Gasteiger partial charge in [-0.15, -0.1) is 0 Å². The van der Waals surface area contributed by atoms with Gasteiger partial charge in [0, 0.05) is 29.1 Å². The average molecular weight is 585 g/mol. The minimum Gasteiger partial charge on any atom is -0.455 e. The highest BCUT2D eigenvalue weighted by Gasteiger charge is 2.34. The molecule has 8 nitrogen and oxygen atoms in total. The highest BCUT2D eigenvalue weighted by molar-refractivity contribution is 7.92. The van der Waals surface area contributed by atoms with Crippen molar-refractivity contribution in [2.45, 2.75) is 31.5 Å². The van der Waals surface area contributed by atoms with Crippen LogP contribution in [0.2, 0.25) is 11.3 Å². The van der Waals surface area contributed by atoms with Crippen LogP contribution in [0.3, 0.4) is 0 Å². The third-order valence-corrected chi connectivity index (χ3v) is 8.33. The number of benzene rings is 3. The van der Waals surface area contributed by atoms with E-state index in [-0.39, 0.29) is 29.5 Å². The van der Waals surface area contributed by atoms with Crippen molar-refractivity contribution in [3.63, 3.8) is 0 Å². The van der Waals surface area contributed by atoms with Gasteiger partial charge in [-0.05, 0) is 85.1 Å². The second-order valence-electron chi connectivity index (χ2n) is 9.90. The van der Waals surface area contributed by atoms with Gasteiger partial charge in [-0.3, -0.25) is 4.79 Å². The highest BCUT2D eigenvalue weighted by atomic mass is 35.5. The van der Waals surface area contributed by atoms with Crippen LogP contribution < -0.4 is 9.62 Å². The lowest BCUT2D eigenvalue weighted by Gasteiger charge is -2.26. The van der Waals surface area contributed by atoms with E-state index in [9.17, 15) is 27.7 Å². The monoisotopic (exact) mass is 584 g/mol. The van der Waals surface area contributed by atoms with E-state index < -0.39 is 23.0 Å². The molecule has 0 saturated heterocycles. The molecule has 1 aromatic heterocycles. The number of nitrogens with zero attached hydrogens (tertiary/aromatic N) is 1. The van der Waals surface area contributed by atoms with Crippen LogP contribution in [0, 0.1) is 5.82 Å². The molecular weight excluding hydrogens is 558 g/mol. The zero-order valence-electron chi connectivity index (χ0n) is 21.8. The number of anilines is 2. The maximum absolute atomic E-state index is 13.6. The first-order valence-electron chi connectivity index (χ1n) is 12.7. The summed E-state index contributed by atoms with van der Waals surface area (Å²) in [6.45, 7) is 0. The quantitative estimate of drug-likeness (QED) is 0.231. The molecule has 0 bridgehead atoms. The molecule has 0 aliphatic heterocycles. The third kappa shape index (κ3) is 5.60. The molecule has 4 aromatic rings. The summed E-state index contributed by atoms with van der Waals surface area (Å²) in [4.78, 5) is 13.0. The fourth-order valence-electron chi connectivity index (χ4n) is 4.86. The molecule has 5 rings (SSSR count). The van der Waals surface area contributed by atoms with E-state index in [0.29, 0.717) is 44.9 Å². The van der Waals surface area contributed by atoms with Gasteiger partial charge in [-0.25, -0.2) is 17.1 Å². The number of fused-ring (bicyclic) bond motifs is 1. The summed E-state index contributed by atoms with van der Waals surface area (Å²) in [6, 6.07) is 13.8. The average Bonchev–Trinajstić information content (AvgIpc) is 3.67. The SMILES string of the molecule is CNC(=O)c1c(-c2ccc(F)cc2)oc2cc(N(c3ccc(CCB(O)O)c(Cl)c3)S(C)(=O)=O)c(C3CC3)cc12. The van der Waals surface area contributed by atoms with Gasteiger partial charge in [0.1, 0.15) is 17.2 Å². The van der Waals surface area contributed by atoms with Gasteiger partial charge in [0.15, 0.2) is 0 Å². The first-order chi connectivity index (χ1) is 19.0. The van der Waals surface area contributed by atoms with Crippen molar-refractivity contribution in [2.75, 3.05) is 17.6 Å². The molecule has 0 radical (unpaired) electrons. The van der Waals surface area contributed by atoms with Crippen molar-refractivity contribution < 1.29 is 32.1 Å². The second kappa shape index (κ2) is 10.9. The minimum atomic E-state index is -3.87. The standard InChI is InChI=1S/C28H27BClFN2O6S/c1-32-28(34)26-22-14-21(16-3-4-16)24(15-25(22)39-27(26)18-5-8-19(31)9-6-18)33(40(2,37)38)20-10-7-17(23(30)13-20)11-12-29(35)36/h5-10,13-16,35-36H,3-4,11-12H2,1-2H3,(H,32,34). The van der Waals surface area contributed by atoms with Gasteiger partial charge in [0.2, 0.25) is 10.0 Å². The van der Waals surface area contributed by atoms with Gasteiger partial charge in [-0.2, -0.15) is 0 Å². The Hall–Kier alpha value is -3.38. The van der Waals surface area contributed by atoms with Crippen LogP contribution in [0.25, 0.3) is 22.3 Å². The van der Waals surface area contributed by atoms with Crippen molar-refractivity contribution in [1.29, 1.82) is 0 Å². The number of carbonyl (C=O) groups excluding carboxylic acids is 1. The zero-order chi connectivity index (χ0) is 28.8. The lowest BCUT2D eigenvalue weighted by atomic mass is 9.83. The number of hydrogen-bond donors (Lipinski definition) is 3. The lowest BCUT2D eigenvalue weighted by Crippen LogP contribution is -2.26. The van der Waals surface area contributed by atoms with Crippen molar-refractivity contribution in [2.24, 2.45) is 0 Å². The molecular formula is C28H27BClFN2O6S. The molecule has 1 heterocycles. The predicted octanol–water partition coefficient (Wildman–Crippen LogP) is 5.24. The first kappa shape index (κ1) is 28.2. The first-order valence-corrected chi connectivity index (χ1v) is 14.9. The normalized spacial score (nSPS) is 13.4. The van der Waals surface area contributed by atoms with Gasteiger partial charge in [-0.1, -0.05) is 17.7 Å². The summed E-state index contributed by atoms with van der Waals surface area (Å²) >= 11 is 6.48. The van der Waals surface area contributed by atoms with Crippen LogP contribution in [0.1, 0.15) is 40.2 Å². The Bertz CT molecular complexity index is 1700. The minimum absolute atomic E-state index is 0.0832. The van der Waals surface area contributed by atoms with E-state index in [4.69, 9.17) is 16.0 Å². The summed E-state index contributed by atoms with van der Waals surface area (Å²) in [5, 5.41) is 21.9. The van der Waals surface area contributed by atoms with Crippen molar-refractivity contribution >= 4 is 57.0 Å². The van der Waals surface area contributed by atoms with Crippen LogP contribution in [0.5, 0.6) is 0 Å². The molecule has 12 heteroatoms.